The van der Waals surface area contributed by atoms with Gasteiger partial charge in [0.25, 0.3) is 0 Å². The zero-order chi connectivity index (χ0) is 22.6. The average Bonchev–Trinajstić information content (AvgIpc) is 3.25. The SMILES string of the molecule is CC(C)(C(=O)COc1ccc(Cl)cc1)C(Oc1ccc(C(F)(F)F)cn1)n1cncn1. The molecule has 2 heterocycles. The van der Waals surface area contributed by atoms with Crippen molar-refractivity contribution in [2.45, 2.75) is 26.3 Å². The van der Waals surface area contributed by atoms with Gasteiger partial charge in [-0.05, 0) is 44.2 Å². The Kier molecular flexibility index (Phi) is 6.49. The van der Waals surface area contributed by atoms with E-state index in [0.717, 1.165) is 12.1 Å². The number of carbonyl (C=O) groups excluding carboxylic acids is 1. The van der Waals surface area contributed by atoms with Gasteiger partial charge in [0, 0.05) is 17.3 Å². The van der Waals surface area contributed by atoms with Crippen molar-refractivity contribution in [2.24, 2.45) is 5.41 Å². The minimum Gasteiger partial charge on any atom is -0.486 e. The number of hydrogen-bond acceptors (Lipinski definition) is 6. The quantitative estimate of drug-likeness (QED) is 0.495. The smallest absolute Gasteiger partial charge is 0.417 e. The number of halogens is 4. The lowest BCUT2D eigenvalue weighted by molar-refractivity contribution is -0.138. The lowest BCUT2D eigenvalue weighted by atomic mass is 9.86. The molecule has 3 aromatic rings. The fourth-order valence-corrected chi connectivity index (χ4v) is 2.73. The zero-order valence-electron chi connectivity index (χ0n) is 16.5. The Bertz CT molecular complexity index is 1010. The first-order chi connectivity index (χ1) is 14.6. The summed E-state index contributed by atoms with van der Waals surface area (Å²) < 4.78 is 50.9. The van der Waals surface area contributed by atoms with E-state index in [2.05, 4.69) is 15.1 Å². The number of hydrogen-bond donors (Lipinski definition) is 0. The van der Waals surface area contributed by atoms with E-state index >= 15 is 0 Å². The average molecular weight is 455 g/mol. The summed E-state index contributed by atoms with van der Waals surface area (Å²) >= 11 is 5.83. The molecule has 1 atom stereocenters. The van der Waals surface area contributed by atoms with Gasteiger partial charge in [0.05, 0.1) is 11.0 Å². The van der Waals surface area contributed by atoms with Crippen LogP contribution >= 0.6 is 11.6 Å². The Hall–Kier alpha value is -3.14. The van der Waals surface area contributed by atoms with Crippen LogP contribution in [-0.4, -0.2) is 32.1 Å². The first-order valence-electron chi connectivity index (χ1n) is 9.03. The molecule has 31 heavy (non-hydrogen) atoms. The van der Waals surface area contributed by atoms with Gasteiger partial charge in [-0.15, -0.1) is 0 Å². The number of pyridine rings is 1. The molecule has 1 unspecified atom stereocenters. The summed E-state index contributed by atoms with van der Waals surface area (Å²) in [6.45, 7) is 2.94. The summed E-state index contributed by atoms with van der Waals surface area (Å²) in [7, 11) is 0. The molecule has 0 amide bonds. The lowest BCUT2D eigenvalue weighted by Gasteiger charge is -2.32. The summed E-state index contributed by atoms with van der Waals surface area (Å²) in [5.74, 6) is 0.0130. The van der Waals surface area contributed by atoms with Gasteiger partial charge in [0.15, 0.2) is 5.78 Å². The van der Waals surface area contributed by atoms with Gasteiger partial charge in [-0.3, -0.25) is 4.79 Å². The number of alkyl halides is 3. The van der Waals surface area contributed by atoms with Crippen LogP contribution in [0.5, 0.6) is 11.6 Å². The Morgan fingerprint density at radius 1 is 1.16 bits per heavy atom. The van der Waals surface area contributed by atoms with Gasteiger partial charge >= 0.3 is 6.18 Å². The predicted molar refractivity (Wildman–Crippen MR) is 105 cm³/mol. The molecule has 3 rings (SSSR count). The largest absolute Gasteiger partial charge is 0.486 e. The molecule has 0 radical (unpaired) electrons. The number of Topliss-reactive ketones (excluding diaryl/α,β-unsaturated/α-hetero) is 1. The van der Waals surface area contributed by atoms with Gasteiger partial charge in [0.2, 0.25) is 12.1 Å². The van der Waals surface area contributed by atoms with E-state index in [1.807, 2.05) is 0 Å². The van der Waals surface area contributed by atoms with E-state index in [9.17, 15) is 18.0 Å². The molecule has 11 heteroatoms. The van der Waals surface area contributed by atoms with Crippen LogP contribution in [0.3, 0.4) is 0 Å². The van der Waals surface area contributed by atoms with Crippen LogP contribution in [0.2, 0.25) is 5.02 Å². The molecule has 2 aromatic heterocycles. The highest BCUT2D eigenvalue weighted by atomic mass is 35.5. The number of carbonyl (C=O) groups is 1. The molecule has 7 nitrogen and oxygen atoms in total. The summed E-state index contributed by atoms with van der Waals surface area (Å²) in [5.41, 5.74) is -2.12. The van der Waals surface area contributed by atoms with E-state index in [0.29, 0.717) is 17.0 Å². The maximum atomic E-state index is 13.0. The van der Waals surface area contributed by atoms with E-state index < -0.39 is 23.4 Å². The molecule has 0 saturated heterocycles. The van der Waals surface area contributed by atoms with Crippen molar-refractivity contribution in [3.8, 4) is 11.6 Å². The van der Waals surface area contributed by atoms with Crippen LogP contribution in [0.1, 0.15) is 25.6 Å². The van der Waals surface area contributed by atoms with Crippen molar-refractivity contribution < 1.29 is 27.4 Å². The zero-order valence-corrected chi connectivity index (χ0v) is 17.3. The Labute approximate surface area is 180 Å². The fraction of sp³-hybridized carbons (Fsp3) is 0.300. The van der Waals surface area contributed by atoms with Gasteiger partial charge in [0.1, 0.15) is 25.0 Å². The molecular formula is C20H18ClF3N4O3. The minimum absolute atomic E-state index is 0.104. The molecule has 1 aromatic carbocycles. The summed E-state index contributed by atoms with van der Waals surface area (Å²) in [6.07, 6.45) is -2.32. The Balaban J connectivity index is 1.78. The maximum absolute atomic E-state index is 13.0. The van der Waals surface area contributed by atoms with E-state index in [1.54, 1.807) is 38.1 Å². The number of ketones is 1. The highest BCUT2D eigenvalue weighted by molar-refractivity contribution is 6.30. The van der Waals surface area contributed by atoms with Gasteiger partial charge in [-0.2, -0.15) is 18.3 Å². The maximum Gasteiger partial charge on any atom is 0.417 e. The molecule has 0 fully saturated rings. The third-order valence-electron chi connectivity index (χ3n) is 4.49. The molecule has 0 spiro atoms. The van der Waals surface area contributed by atoms with Crippen molar-refractivity contribution in [1.29, 1.82) is 0 Å². The monoisotopic (exact) mass is 454 g/mol. The third kappa shape index (κ3) is 5.52. The number of rotatable bonds is 8. The van der Waals surface area contributed by atoms with Crippen molar-refractivity contribution in [3.05, 3.63) is 65.8 Å². The Morgan fingerprint density at radius 2 is 1.87 bits per heavy atom. The first-order valence-corrected chi connectivity index (χ1v) is 9.41. The van der Waals surface area contributed by atoms with E-state index in [-0.39, 0.29) is 18.3 Å². The Morgan fingerprint density at radius 3 is 2.42 bits per heavy atom. The molecule has 0 aliphatic carbocycles. The van der Waals surface area contributed by atoms with Crippen LogP contribution < -0.4 is 9.47 Å². The lowest BCUT2D eigenvalue weighted by Crippen LogP contribution is -2.41. The van der Waals surface area contributed by atoms with Crippen LogP contribution in [0, 0.1) is 5.41 Å². The number of benzene rings is 1. The number of nitrogens with zero attached hydrogens (tertiary/aromatic N) is 4. The van der Waals surface area contributed by atoms with Crippen LogP contribution in [-0.2, 0) is 11.0 Å². The highest BCUT2D eigenvalue weighted by Crippen LogP contribution is 2.35. The van der Waals surface area contributed by atoms with Crippen LogP contribution in [0.25, 0.3) is 0 Å². The molecule has 164 valence electrons. The van der Waals surface area contributed by atoms with Crippen molar-refractivity contribution in [3.63, 3.8) is 0 Å². The van der Waals surface area contributed by atoms with Gasteiger partial charge in [-0.1, -0.05) is 11.6 Å². The minimum atomic E-state index is -4.52. The van der Waals surface area contributed by atoms with E-state index in [1.165, 1.54) is 17.3 Å². The molecular weight excluding hydrogens is 437 g/mol. The van der Waals surface area contributed by atoms with Crippen molar-refractivity contribution in [2.75, 3.05) is 6.61 Å². The topological polar surface area (TPSA) is 79.1 Å². The summed E-state index contributed by atoms with van der Waals surface area (Å²) in [6, 6.07) is 8.44. The van der Waals surface area contributed by atoms with E-state index in [4.69, 9.17) is 21.1 Å². The fourth-order valence-electron chi connectivity index (χ4n) is 2.61. The van der Waals surface area contributed by atoms with Crippen molar-refractivity contribution >= 4 is 17.4 Å². The molecule has 0 aliphatic rings. The normalized spacial score (nSPS) is 13.0. The van der Waals surface area contributed by atoms with Crippen LogP contribution in [0.4, 0.5) is 13.2 Å². The first kappa shape index (κ1) is 22.5. The molecule has 0 N–H and O–H groups in total. The number of aromatic nitrogens is 4. The molecule has 0 bridgehead atoms. The van der Waals surface area contributed by atoms with Crippen LogP contribution in [0.15, 0.2) is 55.2 Å². The summed E-state index contributed by atoms with van der Waals surface area (Å²) in [5, 5.41) is 4.54. The summed E-state index contributed by atoms with van der Waals surface area (Å²) in [4.78, 5) is 20.5. The predicted octanol–water partition coefficient (Wildman–Crippen LogP) is 4.60. The molecule has 0 saturated carbocycles. The van der Waals surface area contributed by atoms with Gasteiger partial charge < -0.3 is 9.47 Å². The van der Waals surface area contributed by atoms with Crippen molar-refractivity contribution in [1.82, 2.24) is 19.7 Å². The second-order valence-corrected chi connectivity index (χ2v) is 7.55. The standard InChI is InChI=1S/C20H18ClF3N4O3/c1-19(2,16(29)10-30-15-6-4-14(21)5-7-15)18(28-12-25-11-27-28)31-17-8-3-13(9-26-17)20(22,23)24/h3-9,11-12,18H,10H2,1-2H3. The number of ether oxygens (including phenoxy) is 2. The van der Waals surface area contributed by atoms with Gasteiger partial charge in [-0.25, -0.2) is 14.6 Å². The third-order valence-corrected chi connectivity index (χ3v) is 4.74. The molecule has 0 aliphatic heterocycles. The second kappa shape index (κ2) is 8.93. The highest BCUT2D eigenvalue weighted by Gasteiger charge is 2.41. The second-order valence-electron chi connectivity index (χ2n) is 7.12.